The van der Waals surface area contributed by atoms with Gasteiger partial charge in [0.15, 0.2) is 0 Å². The number of rotatable bonds is 6. The van der Waals surface area contributed by atoms with Gasteiger partial charge in [-0.15, -0.1) is 0 Å². The Morgan fingerprint density at radius 3 is 2.75 bits per heavy atom. The number of ether oxygens (including phenoxy) is 1. The molecular formula is C15H25NO3S. The predicted molar refractivity (Wildman–Crippen MR) is 81.0 cm³/mol. The summed E-state index contributed by atoms with van der Waals surface area (Å²) in [6.45, 7) is 7.86. The third-order valence-electron chi connectivity index (χ3n) is 3.21. The van der Waals surface area contributed by atoms with E-state index in [1.54, 1.807) is 0 Å². The summed E-state index contributed by atoms with van der Waals surface area (Å²) in [6.07, 6.45) is 2.29. The molecule has 1 aromatic rings. The lowest BCUT2D eigenvalue weighted by Crippen LogP contribution is -2.34. The van der Waals surface area contributed by atoms with E-state index in [1.807, 2.05) is 12.1 Å². The lowest BCUT2D eigenvalue weighted by molar-refractivity contribution is 0.128. The van der Waals surface area contributed by atoms with Crippen LogP contribution >= 0.6 is 0 Å². The molecule has 1 aromatic heterocycles. The van der Waals surface area contributed by atoms with Gasteiger partial charge in [0.2, 0.25) is 0 Å². The highest BCUT2D eigenvalue weighted by atomic mass is 32.2. The molecule has 0 bridgehead atoms. The van der Waals surface area contributed by atoms with Crippen molar-refractivity contribution in [2.45, 2.75) is 57.6 Å². The zero-order chi connectivity index (χ0) is 14.6. The van der Waals surface area contributed by atoms with E-state index in [-0.39, 0.29) is 11.6 Å². The molecule has 5 heteroatoms. The fourth-order valence-corrected chi connectivity index (χ4v) is 3.42. The van der Waals surface area contributed by atoms with Gasteiger partial charge in [0.05, 0.1) is 24.2 Å². The van der Waals surface area contributed by atoms with Gasteiger partial charge in [-0.1, -0.05) is 0 Å². The van der Waals surface area contributed by atoms with Gasteiger partial charge < -0.3 is 14.5 Å². The Labute approximate surface area is 123 Å². The highest BCUT2D eigenvalue weighted by Gasteiger charge is 2.19. The van der Waals surface area contributed by atoms with Gasteiger partial charge in [-0.05, 0) is 45.7 Å². The van der Waals surface area contributed by atoms with Crippen LogP contribution in [-0.2, 0) is 27.8 Å². The maximum Gasteiger partial charge on any atom is 0.118 e. The second kappa shape index (κ2) is 6.87. The average molecular weight is 299 g/mol. The Kier molecular flexibility index (Phi) is 5.41. The number of furan rings is 1. The minimum absolute atomic E-state index is 0.0651. The van der Waals surface area contributed by atoms with E-state index in [9.17, 15) is 4.21 Å². The minimum Gasteiger partial charge on any atom is -0.464 e. The van der Waals surface area contributed by atoms with Crippen molar-refractivity contribution in [1.29, 1.82) is 0 Å². The summed E-state index contributed by atoms with van der Waals surface area (Å²) >= 11 is 0. The molecule has 2 atom stereocenters. The molecule has 0 radical (unpaired) electrons. The fraction of sp³-hybridized carbons (Fsp3) is 0.733. The molecule has 2 unspecified atom stereocenters. The van der Waals surface area contributed by atoms with Crippen LogP contribution in [0.5, 0.6) is 0 Å². The van der Waals surface area contributed by atoms with Crippen LogP contribution in [0.2, 0.25) is 0 Å². The Hall–Kier alpha value is -0.650. The number of hydrogen-bond acceptors (Lipinski definition) is 4. The lowest BCUT2D eigenvalue weighted by Gasteiger charge is -2.19. The maximum atomic E-state index is 12.1. The Morgan fingerprint density at radius 1 is 1.35 bits per heavy atom. The van der Waals surface area contributed by atoms with E-state index in [2.05, 4.69) is 26.1 Å². The molecule has 1 fully saturated rings. The summed E-state index contributed by atoms with van der Waals surface area (Å²) in [4.78, 5) is 0. The smallest absolute Gasteiger partial charge is 0.118 e. The van der Waals surface area contributed by atoms with Crippen LogP contribution in [0.15, 0.2) is 16.5 Å². The topological polar surface area (TPSA) is 51.5 Å². The third kappa shape index (κ3) is 5.38. The molecule has 4 nitrogen and oxygen atoms in total. The third-order valence-corrected chi connectivity index (χ3v) is 4.56. The van der Waals surface area contributed by atoms with E-state index in [1.165, 1.54) is 0 Å². The van der Waals surface area contributed by atoms with Crippen LogP contribution in [0.3, 0.4) is 0 Å². The summed E-state index contributed by atoms with van der Waals surface area (Å²) in [5.41, 5.74) is 0.0651. The predicted octanol–water partition coefficient (Wildman–Crippen LogP) is 2.60. The van der Waals surface area contributed by atoms with Crippen LogP contribution in [0.1, 0.15) is 45.1 Å². The Balaban J connectivity index is 1.78. The highest BCUT2D eigenvalue weighted by Crippen LogP contribution is 2.16. The van der Waals surface area contributed by atoms with Crippen molar-refractivity contribution in [2.75, 3.05) is 12.4 Å². The van der Waals surface area contributed by atoms with E-state index in [0.29, 0.717) is 18.1 Å². The molecule has 1 aliphatic rings. The molecule has 114 valence electrons. The lowest BCUT2D eigenvalue weighted by atomic mass is 10.1. The summed E-state index contributed by atoms with van der Waals surface area (Å²) < 4.78 is 23.3. The summed E-state index contributed by atoms with van der Waals surface area (Å²) in [7, 11) is -0.908. The zero-order valence-electron chi connectivity index (χ0n) is 12.6. The zero-order valence-corrected chi connectivity index (χ0v) is 13.4. The standard InChI is InChI=1S/C15H25NO3S/c1-15(2,3)16-9-12-6-7-14(19-12)11-20(17)10-13-5-4-8-18-13/h6-7,13,16H,4-5,8-11H2,1-3H3. The summed E-state index contributed by atoms with van der Waals surface area (Å²) in [6, 6.07) is 3.88. The SMILES string of the molecule is CC(C)(C)NCc1ccc(CS(=O)CC2CCCO2)o1. The molecular weight excluding hydrogens is 274 g/mol. The second-order valence-corrected chi connectivity index (χ2v) is 7.86. The molecule has 1 aliphatic heterocycles. The first-order valence-corrected chi connectivity index (χ1v) is 8.70. The molecule has 0 saturated carbocycles. The molecule has 0 aliphatic carbocycles. The monoisotopic (exact) mass is 299 g/mol. The van der Waals surface area contributed by atoms with Crippen molar-refractivity contribution in [1.82, 2.24) is 5.32 Å². The van der Waals surface area contributed by atoms with Crippen LogP contribution in [0.4, 0.5) is 0 Å². The minimum atomic E-state index is -0.908. The molecule has 2 heterocycles. The average Bonchev–Trinajstić information content (AvgIpc) is 2.97. The summed E-state index contributed by atoms with van der Waals surface area (Å²) in [5, 5.41) is 3.37. The first kappa shape index (κ1) is 15.7. The van der Waals surface area contributed by atoms with Crippen molar-refractivity contribution in [3.8, 4) is 0 Å². The molecule has 20 heavy (non-hydrogen) atoms. The molecule has 1 saturated heterocycles. The molecule has 0 spiro atoms. The fourth-order valence-electron chi connectivity index (χ4n) is 2.15. The van der Waals surface area contributed by atoms with Gasteiger partial charge in [0.1, 0.15) is 11.5 Å². The Morgan fingerprint density at radius 2 is 2.10 bits per heavy atom. The van der Waals surface area contributed by atoms with E-state index >= 15 is 0 Å². The molecule has 2 rings (SSSR count). The van der Waals surface area contributed by atoms with Gasteiger partial charge in [-0.2, -0.15) is 0 Å². The molecule has 1 N–H and O–H groups in total. The van der Waals surface area contributed by atoms with Crippen molar-refractivity contribution in [3.63, 3.8) is 0 Å². The van der Waals surface area contributed by atoms with Gasteiger partial charge in [-0.3, -0.25) is 4.21 Å². The first-order chi connectivity index (χ1) is 9.42. The maximum absolute atomic E-state index is 12.1. The number of hydrogen-bond donors (Lipinski definition) is 1. The molecule has 0 amide bonds. The van der Waals surface area contributed by atoms with Crippen molar-refractivity contribution in [3.05, 3.63) is 23.7 Å². The van der Waals surface area contributed by atoms with Crippen molar-refractivity contribution >= 4 is 10.8 Å². The first-order valence-electron chi connectivity index (χ1n) is 7.21. The van der Waals surface area contributed by atoms with Crippen LogP contribution in [0, 0.1) is 0 Å². The summed E-state index contributed by atoms with van der Waals surface area (Å²) in [5.74, 6) is 2.79. The van der Waals surface area contributed by atoms with E-state index in [0.717, 1.165) is 31.0 Å². The van der Waals surface area contributed by atoms with Crippen molar-refractivity contribution in [2.24, 2.45) is 0 Å². The number of nitrogens with one attached hydrogen (secondary N) is 1. The second-order valence-electron chi connectivity index (χ2n) is 6.36. The van der Waals surface area contributed by atoms with Gasteiger partial charge in [0.25, 0.3) is 0 Å². The highest BCUT2D eigenvalue weighted by molar-refractivity contribution is 7.84. The van der Waals surface area contributed by atoms with Crippen LogP contribution in [0.25, 0.3) is 0 Å². The Bertz CT molecular complexity index is 444. The largest absolute Gasteiger partial charge is 0.464 e. The molecule has 0 aromatic carbocycles. The van der Waals surface area contributed by atoms with Crippen molar-refractivity contribution < 1.29 is 13.4 Å². The van der Waals surface area contributed by atoms with Crippen LogP contribution < -0.4 is 5.32 Å². The van der Waals surface area contributed by atoms with Gasteiger partial charge >= 0.3 is 0 Å². The van der Waals surface area contributed by atoms with Gasteiger partial charge in [-0.25, -0.2) is 0 Å². The van der Waals surface area contributed by atoms with E-state index in [4.69, 9.17) is 9.15 Å². The van der Waals surface area contributed by atoms with Gasteiger partial charge in [0, 0.05) is 22.9 Å². The van der Waals surface area contributed by atoms with Crippen LogP contribution in [-0.4, -0.2) is 28.2 Å². The normalized spacial score (nSPS) is 21.2. The van der Waals surface area contributed by atoms with E-state index < -0.39 is 10.8 Å². The quantitative estimate of drug-likeness (QED) is 0.877.